The van der Waals surface area contributed by atoms with Crippen molar-refractivity contribution >= 4 is 22.4 Å². The molecule has 2 N–H and O–H groups in total. The summed E-state index contributed by atoms with van der Waals surface area (Å²) >= 11 is 1.38. The van der Waals surface area contributed by atoms with E-state index >= 15 is 0 Å². The van der Waals surface area contributed by atoms with Gasteiger partial charge in [-0.2, -0.15) is 4.37 Å². The van der Waals surface area contributed by atoms with E-state index in [0.717, 1.165) is 11.4 Å². The molecule has 0 unspecified atom stereocenters. The topological polar surface area (TPSA) is 51.4 Å². The van der Waals surface area contributed by atoms with Crippen LogP contribution in [0.5, 0.6) is 5.75 Å². The van der Waals surface area contributed by atoms with Gasteiger partial charge in [0.15, 0.2) is 16.6 Å². The molecule has 0 amide bonds. The largest absolute Gasteiger partial charge is 0.490 e. The molecular formula is C10H19N3OS. The van der Waals surface area contributed by atoms with E-state index in [-0.39, 0.29) is 5.54 Å². The Morgan fingerprint density at radius 2 is 2.13 bits per heavy atom. The number of nitrogens with zero attached hydrogens (tertiary/aromatic N) is 2. The highest BCUT2D eigenvalue weighted by Gasteiger charge is 2.26. The minimum atomic E-state index is 0.0756. The molecule has 1 aromatic heterocycles. The highest BCUT2D eigenvalue weighted by molar-refractivity contribution is 7.11. The van der Waals surface area contributed by atoms with Gasteiger partial charge >= 0.3 is 0 Å². The summed E-state index contributed by atoms with van der Waals surface area (Å²) in [5.41, 5.74) is 5.80. The summed E-state index contributed by atoms with van der Waals surface area (Å²) in [5, 5.41) is 0.988. The van der Waals surface area contributed by atoms with Crippen molar-refractivity contribution in [2.75, 3.05) is 24.8 Å². The van der Waals surface area contributed by atoms with Crippen LogP contribution in [0.1, 0.15) is 27.2 Å². The molecule has 0 spiro atoms. The first-order valence-electron chi connectivity index (χ1n) is 4.97. The van der Waals surface area contributed by atoms with E-state index in [4.69, 9.17) is 10.5 Å². The summed E-state index contributed by atoms with van der Waals surface area (Å²) in [6.45, 7) is 6.53. The molecule has 15 heavy (non-hydrogen) atoms. The summed E-state index contributed by atoms with van der Waals surface area (Å²) in [5.74, 6) is 1.15. The third kappa shape index (κ3) is 2.17. The van der Waals surface area contributed by atoms with Gasteiger partial charge in [-0.3, -0.25) is 0 Å². The normalized spacial score (nSPS) is 11.5. The predicted octanol–water partition coefficient (Wildman–Crippen LogP) is 2.36. The van der Waals surface area contributed by atoms with Crippen LogP contribution >= 0.6 is 11.5 Å². The lowest BCUT2D eigenvalue weighted by atomic mass is 10.0. The van der Waals surface area contributed by atoms with Crippen molar-refractivity contribution in [3.8, 4) is 5.75 Å². The summed E-state index contributed by atoms with van der Waals surface area (Å²) in [7, 11) is 3.66. The van der Waals surface area contributed by atoms with Gasteiger partial charge in [0, 0.05) is 12.6 Å². The molecule has 0 aromatic carbocycles. The lowest BCUT2D eigenvalue weighted by Crippen LogP contribution is -2.40. The van der Waals surface area contributed by atoms with Gasteiger partial charge in [-0.25, -0.2) is 0 Å². The van der Waals surface area contributed by atoms with Crippen LogP contribution in [0.15, 0.2) is 0 Å². The Balaban J connectivity index is 3.05. The fourth-order valence-electron chi connectivity index (χ4n) is 1.20. The standard InChI is InChI=1S/C10H19N3OS/c1-6-10(2,3)13(4)9-7(14-5)8(11)12-15-9/h6H2,1-5H3,(H2,11,12). The smallest absolute Gasteiger partial charge is 0.197 e. The predicted molar refractivity (Wildman–Crippen MR) is 65.9 cm³/mol. The maximum absolute atomic E-state index is 5.72. The van der Waals surface area contributed by atoms with E-state index in [1.807, 2.05) is 7.05 Å². The van der Waals surface area contributed by atoms with Crippen molar-refractivity contribution in [1.29, 1.82) is 0 Å². The van der Waals surface area contributed by atoms with Crippen LogP contribution in [0.25, 0.3) is 0 Å². The fourth-order valence-corrected chi connectivity index (χ4v) is 2.11. The van der Waals surface area contributed by atoms with E-state index in [1.54, 1.807) is 7.11 Å². The number of nitrogen functional groups attached to an aromatic ring is 1. The number of anilines is 2. The molecule has 0 saturated heterocycles. The van der Waals surface area contributed by atoms with Gasteiger partial charge in [-0.1, -0.05) is 6.92 Å². The van der Waals surface area contributed by atoms with Crippen LogP contribution in [-0.4, -0.2) is 24.1 Å². The van der Waals surface area contributed by atoms with E-state index in [1.165, 1.54) is 11.5 Å². The molecule has 0 bridgehead atoms. The van der Waals surface area contributed by atoms with Crippen LogP contribution in [0.2, 0.25) is 0 Å². The molecule has 0 aliphatic rings. The molecule has 1 rings (SSSR count). The van der Waals surface area contributed by atoms with Crippen molar-refractivity contribution in [2.24, 2.45) is 0 Å². The average molecular weight is 229 g/mol. The van der Waals surface area contributed by atoms with E-state index in [9.17, 15) is 0 Å². The average Bonchev–Trinajstić information content (AvgIpc) is 2.58. The van der Waals surface area contributed by atoms with Gasteiger partial charge < -0.3 is 15.4 Å². The minimum absolute atomic E-state index is 0.0756. The molecule has 86 valence electrons. The number of methoxy groups -OCH3 is 1. The summed E-state index contributed by atoms with van der Waals surface area (Å²) in [6, 6.07) is 0. The van der Waals surface area contributed by atoms with Crippen molar-refractivity contribution in [3.63, 3.8) is 0 Å². The Bertz CT molecular complexity index is 335. The monoisotopic (exact) mass is 229 g/mol. The Kier molecular flexibility index (Phi) is 3.44. The first-order chi connectivity index (χ1) is 6.94. The van der Waals surface area contributed by atoms with E-state index in [0.29, 0.717) is 11.6 Å². The van der Waals surface area contributed by atoms with Crippen molar-refractivity contribution in [2.45, 2.75) is 32.7 Å². The second-order valence-corrected chi connectivity index (χ2v) is 4.88. The van der Waals surface area contributed by atoms with Gasteiger partial charge in [0.05, 0.1) is 7.11 Å². The van der Waals surface area contributed by atoms with Crippen molar-refractivity contribution < 1.29 is 4.74 Å². The molecule has 1 aromatic rings. The quantitative estimate of drug-likeness (QED) is 0.861. The zero-order chi connectivity index (χ0) is 11.6. The van der Waals surface area contributed by atoms with E-state index < -0.39 is 0 Å². The highest BCUT2D eigenvalue weighted by atomic mass is 32.1. The fraction of sp³-hybridized carbons (Fsp3) is 0.700. The van der Waals surface area contributed by atoms with Gasteiger partial charge in [0.25, 0.3) is 0 Å². The van der Waals surface area contributed by atoms with Crippen molar-refractivity contribution in [3.05, 3.63) is 0 Å². The first-order valence-corrected chi connectivity index (χ1v) is 5.74. The number of nitrogens with two attached hydrogens (primary N) is 1. The molecule has 0 aliphatic carbocycles. The Morgan fingerprint density at radius 1 is 1.53 bits per heavy atom. The molecule has 0 atom stereocenters. The number of aromatic nitrogens is 1. The van der Waals surface area contributed by atoms with E-state index in [2.05, 4.69) is 30.0 Å². The lowest BCUT2D eigenvalue weighted by molar-refractivity contribution is 0.410. The van der Waals surface area contributed by atoms with Crippen LogP contribution in [0.4, 0.5) is 10.8 Å². The third-order valence-electron chi connectivity index (χ3n) is 2.94. The van der Waals surface area contributed by atoms with Crippen LogP contribution in [0, 0.1) is 0 Å². The zero-order valence-electron chi connectivity index (χ0n) is 10.00. The molecule has 0 fully saturated rings. The minimum Gasteiger partial charge on any atom is -0.490 e. The first kappa shape index (κ1) is 12.1. The number of ether oxygens (including phenoxy) is 1. The molecule has 0 aliphatic heterocycles. The molecule has 0 saturated carbocycles. The number of rotatable bonds is 4. The lowest BCUT2D eigenvalue weighted by Gasteiger charge is -2.35. The molecule has 1 heterocycles. The SMILES string of the molecule is CCC(C)(C)N(C)c1snc(N)c1OC. The molecular weight excluding hydrogens is 210 g/mol. The van der Waals surface area contributed by atoms with Gasteiger partial charge in [-0.05, 0) is 31.8 Å². The Hall–Kier alpha value is -0.970. The zero-order valence-corrected chi connectivity index (χ0v) is 10.8. The maximum atomic E-state index is 5.72. The van der Waals surface area contributed by atoms with Crippen LogP contribution in [0.3, 0.4) is 0 Å². The molecule has 5 heteroatoms. The second kappa shape index (κ2) is 4.26. The van der Waals surface area contributed by atoms with Crippen LogP contribution < -0.4 is 15.4 Å². The summed E-state index contributed by atoms with van der Waals surface area (Å²) < 4.78 is 9.37. The second-order valence-electron chi connectivity index (χ2n) is 4.13. The number of hydrogen-bond acceptors (Lipinski definition) is 5. The molecule has 0 radical (unpaired) electrons. The Morgan fingerprint density at radius 3 is 2.60 bits per heavy atom. The third-order valence-corrected chi connectivity index (χ3v) is 3.86. The maximum Gasteiger partial charge on any atom is 0.197 e. The Labute approximate surface area is 95.2 Å². The number of hydrogen-bond donors (Lipinski definition) is 1. The van der Waals surface area contributed by atoms with Gasteiger partial charge in [0.2, 0.25) is 0 Å². The molecule has 4 nitrogen and oxygen atoms in total. The summed E-state index contributed by atoms with van der Waals surface area (Å²) in [6.07, 6.45) is 1.05. The highest BCUT2D eigenvalue weighted by Crippen LogP contribution is 2.40. The summed E-state index contributed by atoms with van der Waals surface area (Å²) in [4.78, 5) is 2.17. The van der Waals surface area contributed by atoms with Crippen molar-refractivity contribution in [1.82, 2.24) is 4.37 Å². The van der Waals surface area contributed by atoms with Gasteiger partial charge in [-0.15, -0.1) is 0 Å². The van der Waals surface area contributed by atoms with Crippen LogP contribution in [-0.2, 0) is 0 Å². The van der Waals surface area contributed by atoms with Gasteiger partial charge in [0.1, 0.15) is 0 Å².